The van der Waals surface area contributed by atoms with E-state index in [1.54, 1.807) is 0 Å². The van der Waals surface area contributed by atoms with Crippen LogP contribution in [0.25, 0.3) is 0 Å². The van der Waals surface area contributed by atoms with Crippen molar-refractivity contribution < 1.29 is 14.6 Å². The summed E-state index contributed by atoms with van der Waals surface area (Å²) in [7, 11) is 0. The molecule has 0 bridgehead atoms. The molecule has 2 fully saturated rings. The van der Waals surface area contributed by atoms with Crippen molar-refractivity contribution in [3.05, 3.63) is 59.4 Å². The molecule has 0 unspecified atom stereocenters. The van der Waals surface area contributed by atoms with Gasteiger partial charge in [-0.2, -0.15) is 0 Å². The zero-order valence-electron chi connectivity index (χ0n) is 17.5. The highest BCUT2D eigenvalue weighted by Gasteiger charge is 2.42. The highest BCUT2D eigenvalue weighted by molar-refractivity contribution is 5.28. The van der Waals surface area contributed by atoms with Crippen molar-refractivity contribution in [1.29, 1.82) is 0 Å². The summed E-state index contributed by atoms with van der Waals surface area (Å²) >= 11 is 0. The number of aromatic nitrogens is 1. The van der Waals surface area contributed by atoms with Crippen LogP contribution >= 0.6 is 0 Å². The first-order valence-corrected chi connectivity index (χ1v) is 10.7. The highest BCUT2D eigenvalue weighted by Crippen LogP contribution is 2.38. The maximum absolute atomic E-state index is 10.7. The highest BCUT2D eigenvalue weighted by atomic mass is 16.5. The lowest BCUT2D eigenvalue weighted by atomic mass is 9.78. The number of fused-ring (bicyclic) bond motifs is 1. The van der Waals surface area contributed by atoms with Gasteiger partial charge in [-0.15, -0.1) is 0 Å². The first-order chi connectivity index (χ1) is 14.1. The molecule has 2 aliphatic rings. The smallest absolute Gasteiger partial charge is 0.141 e. The maximum atomic E-state index is 10.7. The van der Waals surface area contributed by atoms with Crippen molar-refractivity contribution in [3.63, 3.8) is 0 Å². The van der Waals surface area contributed by atoms with E-state index in [2.05, 4.69) is 22.0 Å². The monoisotopic (exact) mass is 396 g/mol. The van der Waals surface area contributed by atoms with Gasteiger partial charge in [-0.1, -0.05) is 30.3 Å². The second kappa shape index (κ2) is 9.24. The molecule has 1 aliphatic heterocycles. The Kier molecular flexibility index (Phi) is 6.48. The number of aliphatic hydroxyl groups is 1. The zero-order chi connectivity index (χ0) is 20.2. The molecule has 1 aromatic heterocycles. The molecule has 5 heteroatoms. The number of nitrogens with zero attached hydrogens (tertiary/aromatic N) is 2. The van der Waals surface area contributed by atoms with Gasteiger partial charge in [0.2, 0.25) is 0 Å². The van der Waals surface area contributed by atoms with Crippen LogP contribution in [-0.2, 0) is 11.3 Å². The van der Waals surface area contributed by atoms with E-state index in [1.165, 1.54) is 5.56 Å². The van der Waals surface area contributed by atoms with Crippen LogP contribution in [0.2, 0.25) is 0 Å². The summed E-state index contributed by atoms with van der Waals surface area (Å²) in [6, 6.07) is 14.2. The number of hydrogen-bond donors (Lipinski definition) is 1. The van der Waals surface area contributed by atoms with Gasteiger partial charge in [0.25, 0.3) is 0 Å². The molecule has 156 valence electrons. The molecule has 29 heavy (non-hydrogen) atoms. The van der Waals surface area contributed by atoms with Crippen LogP contribution in [0, 0.1) is 25.7 Å². The van der Waals surface area contributed by atoms with Gasteiger partial charge in [0.1, 0.15) is 11.9 Å². The first kappa shape index (κ1) is 20.3. The number of ether oxygens (including phenoxy) is 2. The van der Waals surface area contributed by atoms with Gasteiger partial charge < -0.3 is 19.5 Å². The molecular formula is C24H32N2O3. The number of rotatable bonds is 7. The third-order valence-electron chi connectivity index (χ3n) is 6.28. The normalized spacial score (nSPS) is 27.0. The number of hydrogen-bond acceptors (Lipinski definition) is 5. The Bertz CT molecular complexity index is 798. The van der Waals surface area contributed by atoms with Crippen LogP contribution in [0.4, 0.5) is 0 Å². The molecule has 1 saturated heterocycles. The van der Waals surface area contributed by atoms with E-state index in [0.717, 1.165) is 56.2 Å². The predicted octanol–water partition coefficient (Wildman–Crippen LogP) is 3.37. The SMILES string of the molecule is Cc1ccc(O[C@@H]2C[C@@H]3CN(CCOCc4ccccc4)C[C@@H]3C[C@H]2O)c(C)n1. The van der Waals surface area contributed by atoms with Crippen molar-refractivity contribution >= 4 is 0 Å². The van der Waals surface area contributed by atoms with E-state index in [0.29, 0.717) is 18.4 Å². The van der Waals surface area contributed by atoms with Gasteiger partial charge in [0.05, 0.1) is 25.0 Å². The van der Waals surface area contributed by atoms with Crippen molar-refractivity contribution in [1.82, 2.24) is 9.88 Å². The molecule has 0 radical (unpaired) electrons. The van der Waals surface area contributed by atoms with E-state index >= 15 is 0 Å². The molecule has 4 rings (SSSR count). The summed E-state index contributed by atoms with van der Waals surface area (Å²) in [6.45, 7) is 8.42. The van der Waals surface area contributed by atoms with Crippen LogP contribution in [0.5, 0.6) is 5.75 Å². The number of likely N-dealkylation sites (tertiary alicyclic amines) is 1. The Morgan fingerprint density at radius 1 is 1.03 bits per heavy atom. The standard InChI is InChI=1S/C24H32N2O3/c1-17-8-9-23(18(2)25-17)29-24-13-21-15-26(14-20(21)12-22(24)27)10-11-28-16-19-6-4-3-5-7-19/h3-9,20-22,24,27H,10-16H2,1-2H3/t20-,21+,22+,24+/m0/s1. The molecule has 2 heterocycles. The maximum Gasteiger partial charge on any atom is 0.141 e. The molecule has 1 aromatic carbocycles. The molecule has 1 saturated carbocycles. The largest absolute Gasteiger partial charge is 0.486 e. The van der Waals surface area contributed by atoms with Crippen molar-refractivity contribution in [2.45, 2.75) is 45.5 Å². The van der Waals surface area contributed by atoms with E-state index < -0.39 is 6.10 Å². The molecule has 1 N–H and O–H groups in total. The van der Waals surface area contributed by atoms with Gasteiger partial charge in [0, 0.05) is 25.3 Å². The number of aryl methyl sites for hydroxylation is 2. The lowest BCUT2D eigenvalue weighted by Crippen LogP contribution is -2.42. The van der Waals surface area contributed by atoms with E-state index in [-0.39, 0.29) is 6.10 Å². The summed E-state index contributed by atoms with van der Waals surface area (Å²) in [5, 5.41) is 10.7. The number of aliphatic hydroxyl groups excluding tert-OH is 1. The lowest BCUT2D eigenvalue weighted by Gasteiger charge is -2.35. The van der Waals surface area contributed by atoms with Crippen molar-refractivity contribution in [2.75, 3.05) is 26.2 Å². The molecule has 0 spiro atoms. The Balaban J connectivity index is 1.25. The van der Waals surface area contributed by atoms with E-state index in [1.807, 2.05) is 44.2 Å². The minimum absolute atomic E-state index is 0.145. The fourth-order valence-corrected chi connectivity index (χ4v) is 4.72. The summed E-state index contributed by atoms with van der Waals surface area (Å²) in [5.74, 6) is 1.93. The van der Waals surface area contributed by atoms with Crippen LogP contribution in [0.3, 0.4) is 0 Å². The molecule has 1 aliphatic carbocycles. The predicted molar refractivity (Wildman–Crippen MR) is 113 cm³/mol. The van der Waals surface area contributed by atoms with Gasteiger partial charge in [-0.25, -0.2) is 0 Å². The van der Waals surface area contributed by atoms with Gasteiger partial charge in [-0.3, -0.25) is 4.98 Å². The molecular weight excluding hydrogens is 364 g/mol. The van der Waals surface area contributed by atoms with Gasteiger partial charge >= 0.3 is 0 Å². The van der Waals surface area contributed by atoms with Crippen LogP contribution in [0.1, 0.15) is 29.8 Å². The fraction of sp³-hybridized carbons (Fsp3) is 0.542. The molecule has 2 aromatic rings. The van der Waals surface area contributed by atoms with Crippen LogP contribution in [0.15, 0.2) is 42.5 Å². The fourth-order valence-electron chi connectivity index (χ4n) is 4.72. The molecule has 5 nitrogen and oxygen atoms in total. The topological polar surface area (TPSA) is 54.8 Å². The minimum atomic E-state index is -0.411. The average Bonchev–Trinajstić information content (AvgIpc) is 3.10. The number of benzene rings is 1. The second-order valence-corrected chi connectivity index (χ2v) is 8.55. The van der Waals surface area contributed by atoms with E-state index in [9.17, 15) is 5.11 Å². The number of pyridine rings is 1. The molecule has 4 atom stereocenters. The van der Waals surface area contributed by atoms with Crippen molar-refractivity contribution in [3.8, 4) is 5.75 Å². The van der Waals surface area contributed by atoms with Crippen LogP contribution in [-0.4, -0.2) is 53.4 Å². The van der Waals surface area contributed by atoms with Crippen LogP contribution < -0.4 is 4.74 Å². The van der Waals surface area contributed by atoms with E-state index in [4.69, 9.17) is 9.47 Å². The Hall–Kier alpha value is -1.95. The average molecular weight is 397 g/mol. The Morgan fingerprint density at radius 2 is 1.79 bits per heavy atom. The minimum Gasteiger partial charge on any atom is -0.486 e. The lowest BCUT2D eigenvalue weighted by molar-refractivity contribution is -0.0236. The Morgan fingerprint density at radius 3 is 2.55 bits per heavy atom. The Labute approximate surface area is 173 Å². The summed E-state index contributed by atoms with van der Waals surface area (Å²) in [4.78, 5) is 6.96. The first-order valence-electron chi connectivity index (χ1n) is 10.7. The summed E-state index contributed by atoms with van der Waals surface area (Å²) in [5.41, 5.74) is 3.09. The van der Waals surface area contributed by atoms with Gasteiger partial charge in [-0.05, 0) is 56.2 Å². The third kappa shape index (κ3) is 5.16. The second-order valence-electron chi connectivity index (χ2n) is 8.55. The summed E-state index contributed by atoms with van der Waals surface area (Å²) in [6.07, 6.45) is 1.16. The third-order valence-corrected chi connectivity index (χ3v) is 6.28. The zero-order valence-corrected chi connectivity index (χ0v) is 17.5. The van der Waals surface area contributed by atoms with Gasteiger partial charge in [0.15, 0.2) is 0 Å². The van der Waals surface area contributed by atoms with Crippen molar-refractivity contribution in [2.24, 2.45) is 11.8 Å². The summed E-state index contributed by atoms with van der Waals surface area (Å²) < 4.78 is 12.0. The quantitative estimate of drug-likeness (QED) is 0.728. The molecule has 0 amide bonds.